The summed E-state index contributed by atoms with van der Waals surface area (Å²) in [5.74, 6) is 1.67. The van der Waals surface area contributed by atoms with Crippen LogP contribution in [0.4, 0.5) is 0 Å². The standard InChI is InChI=1S/C13H17NO/c15-9-13-12-6-11(12)8-14(13)7-10-4-2-1-3-5-10/h1-5,11-13,15H,6-9H2/t11-,12?,13+/m0/s1. The van der Waals surface area contributed by atoms with Crippen molar-refractivity contribution in [2.45, 2.75) is 19.0 Å². The molecule has 80 valence electrons. The molecule has 1 aliphatic carbocycles. The third kappa shape index (κ3) is 1.68. The summed E-state index contributed by atoms with van der Waals surface area (Å²) in [6.45, 7) is 2.51. The van der Waals surface area contributed by atoms with Gasteiger partial charge < -0.3 is 5.11 Å². The molecule has 0 amide bonds. The van der Waals surface area contributed by atoms with Crippen LogP contribution in [0.5, 0.6) is 0 Å². The van der Waals surface area contributed by atoms with Crippen LogP contribution in [0.3, 0.4) is 0 Å². The number of aliphatic hydroxyl groups excluding tert-OH is 1. The number of hydrogen-bond donors (Lipinski definition) is 1. The van der Waals surface area contributed by atoms with Crippen molar-refractivity contribution in [3.05, 3.63) is 35.9 Å². The maximum absolute atomic E-state index is 9.37. The van der Waals surface area contributed by atoms with Crippen LogP contribution in [0.2, 0.25) is 0 Å². The third-order valence-electron chi connectivity index (χ3n) is 3.83. The van der Waals surface area contributed by atoms with Gasteiger partial charge in [0.25, 0.3) is 0 Å². The molecule has 1 N–H and O–H groups in total. The fourth-order valence-electron chi connectivity index (χ4n) is 2.91. The Morgan fingerprint density at radius 1 is 1.27 bits per heavy atom. The SMILES string of the molecule is OC[C@@H]1C2C[C@H]2CN1Cc1ccccc1. The number of piperidine rings is 1. The number of hydrogen-bond acceptors (Lipinski definition) is 2. The minimum Gasteiger partial charge on any atom is -0.395 e. The van der Waals surface area contributed by atoms with E-state index in [4.69, 9.17) is 0 Å². The molecule has 0 bridgehead atoms. The smallest absolute Gasteiger partial charge is 0.0589 e. The molecule has 1 unspecified atom stereocenters. The van der Waals surface area contributed by atoms with Crippen LogP contribution in [0.15, 0.2) is 30.3 Å². The molecule has 1 aliphatic heterocycles. The van der Waals surface area contributed by atoms with Crippen LogP contribution in [0.25, 0.3) is 0 Å². The van der Waals surface area contributed by atoms with E-state index in [1.807, 2.05) is 0 Å². The zero-order chi connectivity index (χ0) is 10.3. The van der Waals surface area contributed by atoms with Gasteiger partial charge in [-0.05, 0) is 23.8 Å². The summed E-state index contributed by atoms with van der Waals surface area (Å²) >= 11 is 0. The minimum atomic E-state index is 0.327. The fourth-order valence-corrected chi connectivity index (χ4v) is 2.91. The van der Waals surface area contributed by atoms with E-state index in [1.54, 1.807) is 0 Å². The maximum atomic E-state index is 9.37. The molecule has 0 radical (unpaired) electrons. The maximum Gasteiger partial charge on any atom is 0.0589 e. The quantitative estimate of drug-likeness (QED) is 0.804. The van der Waals surface area contributed by atoms with Gasteiger partial charge in [-0.1, -0.05) is 30.3 Å². The second kappa shape index (κ2) is 3.62. The minimum absolute atomic E-state index is 0.327. The van der Waals surface area contributed by atoms with Crippen molar-refractivity contribution in [3.63, 3.8) is 0 Å². The van der Waals surface area contributed by atoms with Gasteiger partial charge in [-0.25, -0.2) is 0 Å². The lowest BCUT2D eigenvalue weighted by Crippen LogP contribution is -2.35. The van der Waals surface area contributed by atoms with E-state index >= 15 is 0 Å². The summed E-state index contributed by atoms with van der Waals surface area (Å²) in [6, 6.07) is 11.0. The van der Waals surface area contributed by atoms with Gasteiger partial charge in [0, 0.05) is 19.1 Å². The summed E-state index contributed by atoms with van der Waals surface area (Å²) in [6.07, 6.45) is 1.34. The van der Waals surface area contributed by atoms with Gasteiger partial charge in [0.1, 0.15) is 0 Å². The lowest BCUT2D eigenvalue weighted by atomic mass is 10.1. The van der Waals surface area contributed by atoms with E-state index < -0.39 is 0 Å². The summed E-state index contributed by atoms with van der Waals surface area (Å²) in [4.78, 5) is 2.44. The van der Waals surface area contributed by atoms with Crippen LogP contribution in [0.1, 0.15) is 12.0 Å². The van der Waals surface area contributed by atoms with Gasteiger partial charge in [-0.3, -0.25) is 4.90 Å². The topological polar surface area (TPSA) is 23.5 Å². The highest BCUT2D eigenvalue weighted by Crippen LogP contribution is 2.49. The second-order valence-corrected chi connectivity index (χ2v) is 4.82. The van der Waals surface area contributed by atoms with Gasteiger partial charge in [0.05, 0.1) is 6.61 Å². The molecule has 2 nitrogen and oxygen atoms in total. The average Bonchev–Trinajstić information content (AvgIpc) is 2.93. The summed E-state index contributed by atoms with van der Waals surface area (Å²) in [7, 11) is 0. The van der Waals surface area contributed by atoms with Gasteiger partial charge in [-0.15, -0.1) is 0 Å². The highest BCUT2D eigenvalue weighted by Gasteiger charge is 2.51. The van der Waals surface area contributed by atoms with Crippen molar-refractivity contribution >= 4 is 0 Å². The number of benzene rings is 1. The van der Waals surface area contributed by atoms with Crippen molar-refractivity contribution in [1.82, 2.24) is 4.90 Å². The van der Waals surface area contributed by atoms with Gasteiger partial charge in [-0.2, -0.15) is 0 Å². The van der Waals surface area contributed by atoms with Gasteiger partial charge in [0.2, 0.25) is 0 Å². The fraction of sp³-hybridized carbons (Fsp3) is 0.538. The number of likely N-dealkylation sites (tertiary alicyclic amines) is 1. The number of nitrogens with zero attached hydrogens (tertiary/aromatic N) is 1. The molecule has 2 aliphatic rings. The van der Waals surface area contributed by atoms with Crippen LogP contribution >= 0.6 is 0 Å². The zero-order valence-electron chi connectivity index (χ0n) is 8.84. The first-order valence-electron chi connectivity index (χ1n) is 5.77. The molecule has 3 rings (SSSR count). The predicted octanol–water partition coefficient (Wildman–Crippen LogP) is 1.50. The lowest BCUT2D eigenvalue weighted by molar-refractivity contribution is 0.131. The molecular weight excluding hydrogens is 186 g/mol. The zero-order valence-corrected chi connectivity index (χ0v) is 8.84. The van der Waals surface area contributed by atoms with Crippen molar-refractivity contribution in [2.24, 2.45) is 11.8 Å². The Morgan fingerprint density at radius 3 is 2.80 bits per heavy atom. The Morgan fingerprint density at radius 2 is 2.07 bits per heavy atom. The molecule has 2 fully saturated rings. The average molecular weight is 203 g/mol. The first-order valence-corrected chi connectivity index (χ1v) is 5.77. The Hall–Kier alpha value is -0.860. The number of rotatable bonds is 3. The molecule has 1 heterocycles. The first-order chi connectivity index (χ1) is 7.38. The number of fused-ring (bicyclic) bond motifs is 1. The van der Waals surface area contributed by atoms with Crippen molar-refractivity contribution in [3.8, 4) is 0 Å². The molecule has 1 aromatic rings. The van der Waals surface area contributed by atoms with Crippen molar-refractivity contribution in [2.75, 3.05) is 13.2 Å². The van der Waals surface area contributed by atoms with Gasteiger partial charge >= 0.3 is 0 Å². The normalized spacial score (nSPS) is 34.1. The van der Waals surface area contributed by atoms with Crippen molar-refractivity contribution < 1.29 is 5.11 Å². The molecule has 1 saturated heterocycles. The summed E-state index contributed by atoms with van der Waals surface area (Å²) in [5.41, 5.74) is 1.36. The van der Waals surface area contributed by atoms with E-state index in [0.717, 1.165) is 18.4 Å². The van der Waals surface area contributed by atoms with Crippen LogP contribution in [0, 0.1) is 11.8 Å². The second-order valence-electron chi connectivity index (χ2n) is 4.82. The molecule has 1 aromatic carbocycles. The Balaban J connectivity index is 1.69. The van der Waals surface area contributed by atoms with Crippen LogP contribution in [-0.2, 0) is 6.54 Å². The Bertz CT molecular complexity index is 338. The van der Waals surface area contributed by atoms with E-state index in [-0.39, 0.29) is 0 Å². The molecular formula is C13H17NO. The molecule has 0 spiro atoms. The van der Waals surface area contributed by atoms with E-state index in [2.05, 4.69) is 35.2 Å². The van der Waals surface area contributed by atoms with Gasteiger partial charge in [0.15, 0.2) is 0 Å². The molecule has 0 aromatic heterocycles. The largest absolute Gasteiger partial charge is 0.395 e. The predicted molar refractivity (Wildman–Crippen MR) is 59.3 cm³/mol. The van der Waals surface area contributed by atoms with E-state index in [1.165, 1.54) is 18.5 Å². The number of aliphatic hydroxyl groups is 1. The first kappa shape index (κ1) is 9.37. The van der Waals surface area contributed by atoms with E-state index in [0.29, 0.717) is 12.6 Å². The van der Waals surface area contributed by atoms with Crippen molar-refractivity contribution in [1.29, 1.82) is 0 Å². The highest BCUT2D eigenvalue weighted by molar-refractivity contribution is 5.16. The molecule has 1 saturated carbocycles. The Labute approximate surface area is 90.5 Å². The van der Waals surface area contributed by atoms with Crippen LogP contribution < -0.4 is 0 Å². The van der Waals surface area contributed by atoms with Crippen LogP contribution in [-0.4, -0.2) is 29.2 Å². The molecule has 2 heteroatoms. The molecule has 3 atom stereocenters. The summed E-state index contributed by atoms with van der Waals surface area (Å²) < 4.78 is 0. The van der Waals surface area contributed by atoms with E-state index in [9.17, 15) is 5.11 Å². The lowest BCUT2D eigenvalue weighted by Gasteiger charge is -2.25. The summed E-state index contributed by atoms with van der Waals surface area (Å²) in [5, 5.41) is 9.37. The highest BCUT2D eigenvalue weighted by atomic mass is 16.3. The Kier molecular flexibility index (Phi) is 2.26. The third-order valence-corrected chi connectivity index (χ3v) is 3.83. The monoisotopic (exact) mass is 203 g/mol. The molecule has 15 heavy (non-hydrogen) atoms.